The van der Waals surface area contributed by atoms with E-state index < -0.39 is 18.5 Å². The van der Waals surface area contributed by atoms with Crippen molar-refractivity contribution in [2.24, 2.45) is 0 Å². The van der Waals surface area contributed by atoms with Crippen LogP contribution in [0.5, 0.6) is 11.5 Å². The van der Waals surface area contributed by atoms with Gasteiger partial charge in [0.1, 0.15) is 0 Å². The molecule has 0 aliphatic heterocycles. The first-order chi connectivity index (χ1) is 13.3. The van der Waals surface area contributed by atoms with Crippen molar-refractivity contribution >= 4 is 29.2 Å². The molecule has 0 saturated heterocycles. The van der Waals surface area contributed by atoms with Crippen molar-refractivity contribution in [2.75, 3.05) is 19.0 Å². The molecule has 7 nitrogen and oxygen atoms in total. The number of halogens is 1. The molecule has 0 aliphatic rings. The maximum absolute atomic E-state index is 12.2. The molecule has 28 heavy (non-hydrogen) atoms. The third-order valence-electron chi connectivity index (χ3n) is 3.45. The number of benzene rings is 2. The molecule has 0 unspecified atom stereocenters. The molecular weight excluding hydrogens is 384 g/mol. The van der Waals surface area contributed by atoms with E-state index in [0.717, 1.165) is 0 Å². The summed E-state index contributed by atoms with van der Waals surface area (Å²) in [5, 5.41) is 11.5. The quantitative estimate of drug-likeness (QED) is 0.707. The van der Waals surface area contributed by atoms with Gasteiger partial charge in [0.2, 0.25) is 0 Å². The monoisotopic (exact) mass is 402 g/mol. The van der Waals surface area contributed by atoms with Crippen molar-refractivity contribution in [3.63, 3.8) is 0 Å². The number of amides is 1. The number of methoxy groups -OCH3 is 1. The molecule has 1 N–H and O–H groups in total. The second-order valence-corrected chi connectivity index (χ2v) is 6.38. The summed E-state index contributed by atoms with van der Waals surface area (Å²) in [7, 11) is 1.43. The SMILES string of the molecule is COc1cc(C(=O)OCC(=O)Nc2ccc(C#N)cc2)cc(Cl)c1OC(C)C. The van der Waals surface area contributed by atoms with Gasteiger partial charge in [-0.05, 0) is 50.2 Å². The lowest BCUT2D eigenvalue weighted by atomic mass is 10.2. The van der Waals surface area contributed by atoms with Gasteiger partial charge in [0.15, 0.2) is 18.1 Å². The van der Waals surface area contributed by atoms with E-state index in [-0.39, 0.29) is 22.4 Å². The van der Waals surface area contributed by atoms with E-state index in [4.69, 9.17) is 31.1 Å². The van der Waals surface area contributed by atoms with Crippen molar-refractivity contribution < 1.29 is 23.8 Å². The van der Waals surface area contributed by atoms with E-state index in [9.17, 15) is 9.59 Å². The fourth-order valence-corrected chi connectivity index (χ4v) is 2.48. The van der Waals surface area contributed by atoms with Gasteiger partial charge in [-0.3, -0.25) is 4.79 Å². The molecule has 0 bridgehead atoms. The number of anilines is 1. The van der Waals surface area contributed by atoms with Gasteiger partial charge in [0.25, 0.3) is 5.91 Å². The first-order valence-corrected chi connectivity index (χ1v) is 8.73. The van der Waals surface area contributed by atoms with E-state index in [2.05, 4.69) is 5.32 Å². The fourth-order valence-electron chi connectivity index (χ4n) is 2.23. The third-order valence-corrected chi connectivity index (χ3v) is 3.73. The predicted molar refractivity (Wildman–Crippen MR) is 104 cm³/mol. The first kappa shape index (κ1) is 21.1. The van der Waals surface area contributed by atoms with E-state index in [1.165, 1.54) is 19.2 Å². The Labute approximate surface area is 167 Å². The third kappa shape index (κ3) is 5.63. The minimum atomic E-state index is -0.730. The molecule has 1 amide bonds. The number of carbonyl (C=O) groups excluding carboxylic acids is 2. The van der Waals surface area contributed by atoms with Crippen LogP contribution in [0, 0.1) is 11.3 Å². The zero-order chi connectivity index (χ0) is 20.7. The summed E-state index contributed by atoms with van der Waals surface area (Å²) >= 11 is 6.18. The number of rotatable bonds is 7. The van der Waals surface area contributed by atoms with Crippen LogP contribution in [0.15, 0.2) is 36.4 Å². The fraction of sp³-hybridized carbons (Fsp3) is 0.250. The van der Waals surface area contributed by atoms with Crippen LogP contribution in [0.2, 0.25) is 5.02 Å². The van der Waals surface area contributed by atoms with Gasteiger partial charge in [0, 0.05) is 5.69 Å². The molecule has 0 spiro atoms. The molecule has 0 fully saturated rings. The molecule has 0 radical (unpaired) electrons. The Morgan fingerprint density at radius 1 is 1.21 bits per heavy atom. The van der Waals surface area contributed by atoms with Crippen LogP contribution in [0.1, 0.15) is 29.8 Å². The van der Waals surface area contributed by atoms with Gasteiger partial charge in [-0.2, -0.15) is 5.26 Å². The second-order valence-electron chi connectivity index (χ2n) is 5.97. The molecular formula is C20H19ClN2O5. The van der Waals surface area contributed by atoms with Crippen LogP contribution in [-0.2, 0) is 9.53 Å². The van der Waals surface area contributed by atoms with Gasteiger partial charge in [-0.1, -0.05) is 11.6 Å². The highest BCUT2D eigenvalue weighted by molar-refractivity contribution is 6.32. The van der Waals surface area contributed by atoms with E-state index in [1.807, 2.05) is 19.9 Å². The zero-order valence-electron chi connectivity index (χ0n) is 15.6. The summed E-state index contributed by atoms with van der Waals surface area (Å²) in [5.74, 6) is -0.633. The molecule has 0 atom stereocenters. The number of ether oxygens (including phenoxy) is 3. The maximum atomic E-state index is 12.2. The van der Waals surface area contributed by atoms with Crippen molar-refractivity contribution in [1.82, 2.24) is 0 Å². The van der Waals surface area contributed by atoms with Gasteiger partial charge >= 0.3 is 5.97 Å². The van der Waals surface area contributed by atoms with Crippen LogP contribution >= 0.6 is 11.6 Å². The average molecular weight is 403 g/mol. The van der Waals surface area contributed by atoms with Gasteiger partial charge in [-0.25, -0.2) is 4.79 Å². The van der Waals surface area contributed by atoms with Crippen molar-refractivity contribution in [2.45, 2.75) is 20.0 Å². The molecule has 0 heterocycles. The van der Waals surface area contributed by atoms with Gasteiger partial charge in [0.05, 0.1) is 35.4 Å². The Hall–Kier alpha value is -3.24. The van der Waals surface area contributed by atoms with Crippen LogP contribution in [0.3, 0.4) is 0 Å². The topological polar surface area (TPSA) is 97.6 Å². The molecule has 2 rings (SSSR count). The number of carbonyl (C=O) groups is 2. The van der Waals surface area contributed by atoms with Crippen molar-refractivity contribution in [3.8, 4) is 17.6 Å². The maximum Gasteiger partial charge on any atom is 0.338 e. The number of hydrogen-bond donors (Lipinski definition) is 1. The van der Waals surface area contributed by atoms with E-state index in [0.29, 0.717) is 17.0 Å². The Balaban J connectivity index is 2.01. The highest BCUT2D eigenvalue weighted by Gasteiger charge is 2.18. The molecule has 2 aromatic carbocycles. The summed E-state index contributed by atoms with van der Waals surface area (Å²) in [5.41, 5.74) is 1.09. The Morgan fingerprint density at radius 3 is 2.46 bits per heavy atom. The van der Waals surface area contributed by atoms with Crippen LogP contribution in [0.25, 0.3) is 0 Å². The summed E-state index contributed by atoms with van der Waals surface area (Å²) in [6, 6.07) is 11.1. The van der Waals surface area contributed by atoms with Crippen molar-refractivity contribution in [3.05, 3.63) is 52.5 Å². The summed E-state index contributed by atoms with van der Waals surface area (Å²) in [6.45, 7) is 3.19. The Morgan fingerprint density at radius 2 is 1.89 bits per heavy atom. The van der Waals surface area contributed by atoms with Crippen LogP contribution in [0.4, 0.5) is 5.69 Å². The Bertz CT molecular complexity index is 904. The Kier molecular flexibility index (Phi) is 7.24. The summed E-state index contributed by atoms with van der Waals surface area (Å²) in [6.07, 6.45) is -0.130. The summed E-state index contributed by atoms with van der Waals surface area (Å²) in [4.78, 5) is 24.2. The highest BCUT2D eigenvalue weighted by Crippen LogP contribution is 2.37. The number of nitrogens with one attached hydrogen (secondary N) is 1. The lowest BCUT2D eigenvalue weighted by Gasteiger charge is -2.16. The largest absolute Gasteiger partial charge is 0.493 e. The van der Waals surface area contributed by atoms with Crippen LogP contribution < -0.4 is 14.8 Å². The second kappa shape index (κ2) is 9.62. The summed E-state index contributed by atoms with van der Waals surface area (Å²) < 4.78 is 15.8. The van der Waals surface area contributed by atoms with Crippen molar-refractivity contribution in [1.29, 1.82) is 5.26 Å². The smallest absolute Gasteiger partial charge is 0.338 e. The predicted octanol–water partition coefficient (Wildman–Crippen LogP) is 3.80. The lowest BCUT2D eigenvalue weighted by molar-refractivity contribution is -0.119. The van der Waals surface area contributed by atoms with E-state index >= 15 is 0 Å². The molecule has 0 saturated carbocycles. The molecule has 2 aromatic rings. The van der Waals surface area contributed by atoms with Crippen LogP contribution in [-0.4, -0.2) is 31.7 Å². The zero-order valence-corrected chi connectivity index (χ0v) is 16.4. The molecule has 146 valence electrons. The number of nitriles is 1. The number of esters is 1. The first-order valence-electron chi connectivity index (χ1n) is 8.35. The minimum Gasteiger partial charge on any atom is -0.493 e. The molecule has 0 aliphatic carbocycles. The highest BCUT2D eigenvalue weighted by atomic mass is 35.5. The normalized spacial score (nSPS) is 10.1. The minimum absolute atomic E-state index is 0.129. The lowest BCUT2D eigenvalue weighted by Crippen LogP contribution is -2.21. The van der Waals surface area contributed by atoms with Gasteiger partial charge < -0.3 is 19.5 Å². The standard InChI is InChI=1S/C20H19ClN2O5/c1-12(2)28-19-16(21)8-14(9-17(19)26-3)20(25)27-11-18(24)23-15-6-4-13(10-22)5-7-15/h4-9,12H,11H2,1-3H3,(H,23,24). The number of nitrogens with zero attached hydrogens (tertiary/aromatic N) is 1. The van der Waals surface area contributed by atoms with E-state index in [1.54, 1.807) is 24.3 Å². The molecule has 0 aromatic heterocycles. The number of hydrogen-bond acceptors (Lipinski definition) is 6. The van der Waals surface area contributed by atoms with Gasteiger partial charge in [-0.15, -0.1) is 0 Å². The molecule has 8 heteroatoms. The average Bonchev–Trinajstić information content (AvgIpc) is 2.67.